The number of benzene rings is 2. The number of halogens is 1. The number of ether oxygens (including phenoxy) is 2. The van der Waals surface area contributed by atoms with Gasteiger partial charge in [-0.3, -0.25) is 4.79 Å². The first-order valence-electron chi connectivity index (χ1n) is 7.74. The number of hydrogen-bond acceptors (Lipinski definition) is 4. The van der Waals surface area contributed by atoms with Gasteiger partial charge in [-0.15, -0.1) is 0 Å². The van der Waals surface area contributed by atoms with Crippen LogP contribution in [0, 0.1) is 13.8 Å². The van der Waals surface area contributed by atoms with Crippen LogP contribution in [0.5, 0.6) is 11.5 Å². The van der Waals surface area contributed by atoms with Crippen molar-refractivity contribution in [2.45, 2.75) is 20.3 Å². The third-order valence-electron chi connectivity index (χ3n) is 3.75. The Hall–Kier alpha value is -2.34. The molecule has 0 spiro atoms. The maximum absolute atomic E-state index is 12.1. The fourth-order valence-electron chi connectivity index (χ4n) is 2.41. The summed E-state index contributed by atoms with van der Waals surface area (Å²) in [5.41, 5.74) is 6.54. The van der Waals surface area contributed by atoms with Gasteiger partial charge >= 0.3 is 0 Å². The molecule has 1 N–H and O–H groups in total. The summed E-state index contributed by atoms with van der Waals surface area (Å²) in [5, 5.41) is 4.02. The molecule has 0 atom stereocenters. The van der Waals surface area contributed by atoms with Gasteiger partial charge in [-0.1, -0.05) is 23.8 Å². The Morgan fingerprint density at radius 1 is 1.16 bits per heavy atom. The van der Waals surface area contributed by atoms with Gasteiger partial charge in [0, 0.05) is 11.6 Å². The second kappa shape index (κ2) is 8.67. The van der Waals surface area contributed by atoms with E-state index in [2.05, 4.69) is 32.5 Å². The fourth-order valence-corrected chi connectivity index (χ4v) is 2.94. The summed E-state index contributed by atoms with van der Waals surface area (Å²) in [6, 6.07) is 9.60. The highest BCUT2D eigenvalue weighted by atomic mass is 79.9. The van der Waals surface area contributed by atoms with E-state index in [0.29, 0.717) is 11.5 Å². The summed E-state index contributed by atoms with van der Waals surface area (Å²) in [5.74, 6) is 1.09. The van der Waals surface area contributed by atoms with E-state index in [1.165, 1.54) is 5.56 Å². The van der Waals surface area contributed by atoms with Crippen LogP contribution in [0.3, 0.4) is 0 Å². The van der Waals surface area contributed by atoms with Gasteiger partial charge in [-0.05, 0) is 47.0 Å². The molecule has 6 heteroatoms. The molecule has 0 saturated heterocycles. The van der Waals surface area contributed by atoms with E-state index in [1.807, 2.05) is 32.0 Å². The first-order valence-corrected chi connectivity index (χ1v) is 8.53. The van der Waals surface area contributed by atoms with E-state index in [-0.39, 0.29) is 12.3 Å². The predicted molar refractivity (Wildman–Crippen MR) is 103 cm³/mol. The second-order valence-corrected chi connectivity index (χ2v) is 6.48. The van der Waals surface area contributed by atoms with Crippen molar-refractivity contribution in [2.24, 2.45) is 5.10 Å². The number of hydrazone groups is 1. The molecular formula is C19H21BrN2O3. The Morgan fingerprint density at radius 2 is 1.88 bits per heavy atom. The molecule has 1 amide bonds. The molecule has 0 fully saturated rings. The quantitative estimate of drug-likeness (QED) is 0.588. The van der Waals surface area contributed by atoms with Gasteiger partial charge in [-0.25, -0.2) is 5.43 Å². The Balaban J connectivity index is 2.05. The SMILES string of the molecule is COc1cc(OC)c(/C=N\NC(=O)Cc2ccc(C)cc2C)cc1Br. The number of carbonyl (C=O) groups is 1. The van der Waals surface area contributed by atoms with Crippen molar-refractivity contribution in [1.82, 2.24) is 5.43 Å². The van der Waals surface area contributed by atoms with Crippen LogP contribution in [0.1, 0.15) is 22.3 Å². The third-order valence-corrected chi connectivity index (χ3v) is 4.37. The number of amides is 1. The number of carbonyl (C=O) groups excluding carboxylic acids is 1. The zero-order chi connectivity index (χ0) is 18.4. The van der Waals surface area contributed by atoms with Crippen LogP contribution < -0.4 is 14.9 Å². The average molecular weight is 405 g/mol. The Kier molecular flexibility index (Phi) is 6.58. The third kappa shape index (κ3) is 5.06. The van der Waals surface area contributed by atoms with Crippen molar-refractivity contribution in [1.29, 1.82) is 0 Å². The number of hydrogen-bond donors (Lipinski definition) is 1. The smallest absolute Gasteiger partial charge is 0.244 e. The molecule has 0 bridgehead atoms. The molecule has 0 unspecified atom stereocenters. The Labute approximate surface area is 156 Å². The van der Waals surface area contributed by atoms with E-state index in [1.54, 1.807) is 26.5 Å². The molecule has 0 aliphatic carbocycles. The van der Waals surface area contributed by atoms with Crippen LogP contribution in [-0.2, 0) is 11.2 Å². The van der Waals surface area contributed by atoms with E-state index >= 15 is 0 Å². The summed E-state index contributed by atoms with van der Waals surface area (Å²) in [4.78, 5) is 12.1. The molecule has 0 aliphatic heterocycles. The molecule has 132 valence electrons. The number of nitrogens with zero attached hydrogens (tertiary/aromatic N) is 1. The summed E-state index contributed by atoms with van der Waals surface area (Å²) in [7, 11) is 3.15. The van der Waals surface area contributed by atoms with Crippen molar-refractivity contribution >= 4 is 28.1 Å². The largest absolute Gasteiger partial charge is 0.496 e. The number of nitrogens with one attached hydrogen (secondary N) is 1. The van der Waals surface area contributed by atoms with E-state index in [9.17, 15) is 4.79 Å². The van der Waals surface area contributed by atoms with Crippen LogP contribution >= 0.6 is 15.9 Å². The van der Waals surface area contributed by atoms with Crippen LogP contribution in [-0.4, -0.2) is 26.3 Å². The highest BCUT2D eigenvalue weighted by molar-refractivity contribution is 9.10. The molecule has 0 radical (unpaired) electrons. The molecule has 0 aromatic heterocycles. The topological polar surface area (TPSA) is 59.9 Å². The normalized spacial score (nSPS) is 10.8. The first-order chi connectivity index (χ1) is 11.9. The fraction of sp³-hybridized carbons (Fsp3) is 0.263. The van der Waals surface area contributed by atoms with Crippen molar-refractivity contribution in [3.05, 3.63) is 57.1 Å². The van der Waals surface area contributed by atoms with Gasteiger partial charge in [0.05, 0.1) is 31.3 Å². The van der Waals surface area contributed by atoms with Gasteiger partial charge in [0.25, 0.3) is 0 Å². The van der Waals surface area contributed by atoms with Gasteiger partial charge < -0.3 is 9.47 Å². The standard InChI is InChI=1S/C19H21BrN2O3/c1-12-5-6-14(13(2)7-12)9-19(23)22-21-11-15-8-16(20)18(25-4)10-17(15)24-3/h5-8,10-11H,9H2,1-4H3,(H,22,23)/b21-11-. The van der Waals surface area contributed by atoms with Crippen LogP contribution in [0.15, 0.2) is 39.9 Å². The highest BCUT2D eigenvalue weighted by Gasteiger charge is 2.09. The van der Waals surface area contributed by atoms with Gasteiger partial charge in [0.15, 0.2) is 0 Å². The Morgan fingerprint density at radius 3 is 2.52 bits per heavy atom. The minimum atomic E-state index is -0.172. The molecule has 0 heterocycles. The molecule has 2 aromatic rings. The van der Waals surface area contributed by atoms with Crippen LogP contribution in [0.25, 0.3) is 0 Å². The van der Waals surface area contributed by atoms with Crippen molar-refractivity contribution in [3.63, 3.8) is 0 Å². The van der Waals surface area contributed by atoms with Crippen LogP contribution in [0.2, 0.25) is 0 Å². The van der Waals surface area contributed by atoms with Gasteiger partial charge in [0.2, 0.25) is 5.91 Å². The number of aryl methyl sites for hydroxylation is 2. The highest BCUT2D eigenvalue weighted by Crippen LogP contribution is 2.31. The number of methoxy groups -OCH3 is 2. The van der Waals surface area contributed by atoms with Gasteiger partial charge in [-0.2, -0.15) is 5.10 Å². The molecule has 0 saturated carbocycles. The first kappa shape index (κ1) is 19.0. The summed E-state index contributed by atoms with van der Waals surface area (Å²) < 4.78 is 11.3. The molecule has 2 rings (SSSR count). The Bertz CT molecular complexity index is 803. The average Bonchev–Trinajstić information content (AvgIpc) is 2.57. The minimum absolute atomic E-state index is 0.172. The zero-order valence-electron chi connectivity index (χ0n) is 14.7. The molecular weight excluding hydrogens is 384 g/mol. The maximum Gasteiger partial charge on any atom is 0.244 e. The van der Waals surface area contributed by atoms with Crippen LogP contribution in [0.4, 0.5) is 0 Å². The number of rotatable bonds is 6. The summed E-state index contributed by atoms with van der Waals surface area (Å²) >= 11 is 3.42. The summed E-state index contributed by atoms with van der Waals surface area (Å²) in [6.45, 7) is 4.03. The minimum Gasteiger partial charge on any atom is -0.496 e. The van der Waals surface area contributed by atoms with Crippen molar-refractivity contribution in [2.75, 3.05) is 14.2 Å². The monoisotopic (exact) mass is 404 g/mol. The van der Waals surface area contributed by atoms with E-state index in [4.69, 9.17) is 9.47 Å². The van der Waals surface area contributed by atoms with E-state index in [0.717, 1.165) is 21.2 Å². The van der Waals surface area contributed by atoms with E-state index < -0.39 is 0 Å². The summed E-state index contributed by atoms with van der Waals surface area (Å²) in [6.07, 6.45) is 1.83. The predicted octanol–water partition coefficient (Wildman–Crippen LogP) is 3.78. The maximum atomic E-state index is 12.1. The lowest BCUT2D eigenvalue weighted by atomic mass is 10.0. The lowest BCUT2D eigenvalue weighted by Gasteiger charge is -2.09. The lowest BCUT2D eigenvalue weighted by molar-refractivity contribution is -0.120. The molecule has 5 nitrogen and oxygen atoms in total. The molecule has 0 aliphatic rings. The zero-order valence-corrected chi connectivity index (χ0v) is 16.3. The van der Waals surface area contributed by atoms with Crippen molar-refractivity contribution in [3.8, 4) is 11.5 Å². The van der Waals surface area contributed by atoms with Crippen molar-refractivity contribution < 1.29 is 14.3 Å². The lowest BCUT2D eigenvalue weighted by Crippen LogP contribution is -2.20. The second-order valence-electron chi connectivity index (χ2n) is 5.63. The molecule has 25 heavy (non-hydrogen) atoms. The van der Waals surface area contributed by atoms with Gasteiger partial charge in [0.1, 0.15) is 11.5 Å². The molecule has 2 aromatic carbocycles.